The number of benzene rings is 2. The third kappa shape index (κ3) is 5.09. The fraction of sp³-hybridized carbons (Fsp3) is 0.231. The summed E-state index contributed by atoms with van der Waals surface area (Å²) in [6, 6.07) is 15.7. The topological polar surface area (TPSA) is 96.2 Å². The molecule has 0 amide bonds. The van der Waals surface area contributed by atoms with E-state index in [1.807, 2.05) is 30.3 Å². The minimum absolute atomic E-state index is 0.173. The predicted molar refractivity (Wildman–Crippen MR) is 131 cm³/mol. The summed E-state index contributed by atoms with van der Waals surface area (Å²) in [4.78, 5) is 42.7. The Labute approximate surface area is 205 Å². The van der Waals surface area contributed by atoms with Crippen molar-refractivity contribution in [1.29, 1.82) is 0 Å². The first-order valence-electron chi connectivity index (χ1n) is 11.0. The van der Waals surface area contributed by atoms with Crippen molar-refractivity contribution in [3.8, 4) is 5.75 Å². The summed E-state index contributed by atoms with van der Waals surface area (Å²) < 4.78 is 17.3. The number of thiazole rings is 1. The van der Waals surface area contributed by atoms with Crippen molar-refractivity contribution in [1.82, 2.24) is 4.57 Å². The molecule has 1 aliphatic heterocycles. The summed E-state index contributed by atoms with van der Waals surface area (Å²) in [5.74, 6) is -0.445. The lowest BCUT2D eigenvalue weighted by Gasteiger charge is -2.24. The van der Waals surface area contributed by atoms with Crippen molar-refractivity contribution in [2.75, 3.05) is 20.3 Å². The van der Waals surface area contributed by atoms with Gasteiger partial charge in [-0.1, -0.05) is 53.8 Å². The molecule has 1 unspecified atom stereocenters. The summed E-state index contributed by atoms with van der Waals surface area (Å²) in [6.07, 6.45) is 1.76. The van der Waals surface area contributed by atoms with Crippen LogP contribution in [0, 0.1) is 0 Å². The van der Waals surface area contributed by atoms with Crippen molar-refractivity contribution in [3.05, 3.63) is 96.7 Å². The number of nitrogens with zero attached hydrogens (tertiary/aromatic N) is 2. The number of ether oxygens (including phenoxy) is 3. The van der Waals surface area contributed by atoms with Gasteiger partial charge in [0.1, 0.15) is 5.75 Å². The number of esters is 2. The Morgan fingerprint density at radius 2 is 1.83 bits per heavy atom. The lowest BCUT2D eigenvalue weighted by Crippen LogP contribution is -2.39. The minimum Gasteiger partial charge on any atom is -0.482 e. The van der Waals surface area contributed by atoms with E-state index in [0.717, 1.165) is 11.1 Å². The number of hydrogen-bond acceptors (Lipinski definition) is 8. The van der Waals surface area contributed by atoms with Crippen LogP contribution in [-0.2, 0) is 19.1 Å². The SMILES string of the molecule is CCOC(=O)COc1ccc(C=c2sc3n(c2=O)C(c2ccccc2)C(C(=O)OC)=C(C)N=3)cc1. The summed E-state index contributed by atoms with van der Waals surface area (Å²) in [6.45, 7) is 3.60. The normalized spacial score (nSPS) is 15.3. The van der Waals surface area contributed by atoms with Crippen LogP contribution in [0.5, 0.6) is 5.75 Å². The Morgan fingerprint density at radius 3 is 2.49 bits per heavy atom. The van der Waals surface area contributed by atoms with Crippen molar-refractivity contribution < 1.29 is 23.8 Å². The molecular weight excluding hydrogens is 468 g/mol. The molecule has 1 aromatic heterocycles. The standard InChI is InChI=1S/C26H24N2O6S/c1-4-33-21(29)15-34-19-12-10-17(11-13-19)14-20-24(30)28-23(18-8-6-5-7-9-18)22(25(31)32-3)16(2)27-26(28)35-20/h5-14,23H,4,15H2,1-3H3. The Kier molecular flexibility index (Phi) is 7.26. The van der Waals surface area contributed by atoms with Gasteiger partial charge in [-0.25, -0.2) is 14.6 Å². The second kappa shape index (κ2) is 10.5. The van der Waals surface area contributed by atoms with Gasteiger partial charge in [0.2, 0.25) is 0 Å². The summed E-state index contributed by atoms with van der Waals surface area (Å²) in [5.41, 5.74) is 2.17. The van der Waals surface area contributed by atoms with E-state index in [1.54, 1.807) is 48.8 Å². The molecule has 35 heavy (non-hydrogen) atoms. The van der Waals surface area contributed by atoms with Crippen LogP contribution in [-0.4, -0.2) is 36.8 Å². The Hall–Kier alpha value is -3.98. The lowest BCUT2D eigenvalue weighted by atomic mass is 9.96. The molecule has 0 saturated carbocycles. The van der Waals surface area contributed by atoms with Crippen molar-refractivity contribution >= 4 is 29.4 Å². The largest absolute Gasteiger partial charge is 0.482 e. The quantitative estimate of drug-likeness (QED) is 0.470. The molecule has 180 valence electrons. The lowest BCUT2D eigenvalue weighted by molar-refractivity contribution is -0.145. The zero-order valence-corrected chi connectivity index (χ0v) is 20.3. The molecule has 0 saturated heterocycles. The molecule has 0 fully saturated rings. The second-order valence-corrected chi connectivity index (χ2v) is 8.66. The van der Waals surface area contributed by atoms with Crippen molar-refractivity contribution in [2.45, 2.75) is 19.9 Å². The number of rotatable bonds is 7. The number of carbonyl (C=O) groups is 2. The molecule has 4 rings (SSSR count). The highest BCUT2D eigenvalue weighted by molar-refractivity contribution is 7.07. The molecule has 0 radical (unpaired) electrons. The first-order chi connectivity index (χ1) is 16.9. The van der Waals surface area contributed by atoms with Gasteiger partial charge in [-0.2, -0.15) is 0 Å². The molecule has 2 heterocycles. The fourth-order valence-electron chi connectivity index (χ4n) is 3.80. The van der Waals surface area contributed by atoms with Crippen LogP contribution in [0.1, 0.15) is 31.0 Å². The molecule has 8 nitrogen and oxygen atoms in total. The van der Waals surface area contributed by atoms with Crippen molar-refractivity contribution in [3.63, 3.8) is 0 Å². The van der Waals surface area contributed by atoms with Crippen LogP contribution in [0.3, 0.4) is 0 Å². The van der Waals surface area contributed by atoms with E-state index >= 15 is 0 Å². The monoisotopic (exact) mass is 492 g/mol. The number of allylic oxidation sites excluding steroid dienone is 1. The van der Waals surface area contributed by atoms with Gasteiger partial charge in [0.05, 0.1) is 35.6 Å². The molecular formula is C26H24N2O6S. The van der Waals surface area contributed by atoms with Crippen LogP contribution >= 0.6 is 11.3 Å². The zero-order valence-electron chi connectivity index (χ0n) is 19.5. The van der Waals surface area contributed by atoms with Gasteiger partial charge in [-0.3, -0.25) is 9.36 Å². The first-order valence-corrected chi connectivity index (χ1v) is 11.8. The maximum Gasteiger partial charge on any atom is 0.344 e. The van der Waals surface area contributed by atoms with Gasteiger partial charge in [0.15, 0.2) is 11.4 Å². The van der Waals surface area contributed by atoms with Crippen molar-refractivity contribution in [2.24, 2.45) is 4.99 Å². The Morgan fingerprint density at radius 1 is 1.11 bits per heavy atom. The van der Waals surface area contributed by atoms with Crippen LogP contribution in [0.15, 0.2) is 75.7 Å². The number of aromatic nitrogens is 1. The number of carbonyl (C=O) groups excluding carboxylic acids is 2. The number of methoxy groups -OCH3 is 1. The molecule has 3 aromatic rings. The van der Waals surface area contributed by atoms with E-state index in [1.165, 1.54) is 18.4 Å². The van der Waals surface area contributed by atoms with E-state index in [9.17, 15) is 14.4 Å². The second-order valence-electron chi connectivity index (χ2n) is 7.65. The van der Waals surface area contributed by atoms with E-state index < -0.39 is 18.0 Å². The number of fused-ring (bicyclic) bond motifs is 1. The zero-order chi connectivity index (χ0) is 24.9. The molecule has 9 heteroatoms. The van der Waals surface area contributed by atoms with E-state index in [-0.39, 0.29) is 12.2 Å². The van der Waals surface area contributed by atoms with E-state index in [4.69, 9.17) is 14.2 Å². The fourth-order valence-corrected chi connectivity index (χ4v) is 4.85. The highest BCUT2D eigenvalue weighted by atomic mass is 32.1. The molecule has 1 aliphatic rings. The van der Waals surface area contributed by atoms with E-state index in [2.05, 4.69) is 4.99 Å². The van der Waals surface area contributed by atoms with Gasteiger partial charge in [0, 0.05) is 0 Å². The van der Waals surface area contributed by atoms with Crippen LogP contribution in [0.2, 0.25) is 0 Å². The third-order valence-electron chi connectivity index (χ3n) is 5.38. The maximum atomic E-state index is 13.5. The van der Waals surface area contributed by atoms with Gasteiger partial charge in [0.25, 0.3) is 5.56 Å². The highest BCUT2D eigenvalue weighted by Gasteiger charge is 2.32. The van der Waals surface area contributed by atoms with Crippen LogP contribution < -0.4 is 19.6 Å². The molecule has 2 aromatic carbocycles. The first kappa shape index (κ1) is 24.2. The molecule has 1 atom stereocenters. The Balaban J connectivity index is 1.72. The minimum atomic E-state index is -0.638. The smallest absolute Gasteiger partial charge is 0.344 e. The maximum absolute atomic E-state index is 13.5. The van der Waals surface area contributed by atoms with Gasteiger partial charge >= 0.3 is 11.9 Å². The predicted octanol–water partition coefficient (Wildman–Crippen LogP) is 2.35. The third-order valence-corrected chi connectivity index (χ3v) is 6.37. The molecule has 0 aliphatic carbocycles. The van der Waals surface area contributed by atoms with Gasteiger partial charge in [-0.05, 0) is 43.2 Å². The van der Waals surface area contributed by atoms with Gasteiger partial charge in [-0.15, -0.1) is 0 Å². The van der Waals surface area contributed by atoms with Crippen LogP contribution in [0.4, 0.5) is 0 Å². The summed E-state index contributed by atoms with van der Waals surface area (Å²) >= 11 is 1.25. The average molecular weight is 493 g/mol. The summed E-state index contributed by atoms with van der Waals surface area (Å²) in [7, 11) is 1.32. The highest BCUT2D eigenvalue weighted by Crippen LogP contribution is 2.30. The molecule has 0 spiro atoms. The summed E-state index contributed by atoms with van der Waals surface area (Å²) in [5, 5.41) is 0. The number of hydrogen-bond donors (Lipinski definition) is 0. The molecule has 0 bridgehead atoms. The Bertz CT molecular complexity index is 1450. The molecule has 0 N–H and O–H groups in total. The average Bonchev–Trinajstić information content (AvgIpc) is 3.17. The van der Waals surface area contributed by atoms with E-state index in [0.29, 0.717) is 33.0 Å². The van der Waals surface area contributed by atoms with Gasteiger partial charge < -0.3 is 14.2 Å². The van der Waals surface area contributed by atoms with Crippen LogP contribution in [0.25, 0.3) is 6.08 Å².